The summed E-state index contributed by atoms with van der Waals surface area (Å²) in [6, 6.07) is 12.4. The smallest absolute Gasteiger partial charge is 0.0775 e. The summed E-state index contributed by atoms with van der Waals surface area (Å²) >= 11 is 0. The molecule has 0 aliphatic heterocycles. The standard InChI is InChI=1S/C14H13N/c1-3-11-9-10-12-7-5-6-8-13(12)14(11)15-4-2/h3-10H,1H2,2H3. The van der Waals surface area contributed by atoms with Crippen molar-refractivity contribution in [2.45, 2.75) is 6.92 Å². The number of aliphatic imine (C=N–C) groups is 1. The van der Waals surface area contributed by atoms with Gasteiger partial charge in [0.1, 0.15) is 0 Å². The minimum absolute atomic E-state index is 1.01. The van der Waals surface area contributed by atoms with Crippen LogP contribution in [-0.2, 0) is 0 Å². The van der Waals surface area contributed by atoms with Crippen LogP contribution in [0.1, 0.15) is 12.5 Å². The zero-order chi connectivity index (χ0) is 10.7. The van der Waals surface area contributed by atoms with E-state index in [1.165, 1.54) is 10.8 Å². The van der Waals surface area contributed by atoms with E-state index in [-0.39, 0.29) is 0 Å². The van der Waals surface area contributed by atoms with Crippen LogP contribution >= 0.6 is 0 Å². The SMILES string of the molecule is C=Cc1ccc2ccccc2c1N=CC. The van der Waals surface area contributed by atoms with Crippen molar-refractivity contribution in [3.05, 3.63) is 48.5 Å². The van der Waals surface area contributed by atoms with E-state index in [0.29, 0.717) is 0 Å². The number of hydrogen-bond acceptors (Lipinski definition) is 1. The highest BCUT2D eigenvalue weighted by Crippen LogP contribution is 2.30. The van der Waals surface area contributed by atoms with E-state index in [4.69, 9.17) is 0 Å². The molecule has 0 aliphatic rings. The van der Waals surface area contributed by atoms with Crippen LogP contribution in [0.4, 0.5) is 5.69 Å². The van der Waals surface area contributed by atoms with Gasteiger partial charge in [0.2, 0.25) is 0 Å². The Labute approximate surface area is 89.8 Å². The largest absolute Gasteiger partial charge is 0.260 e. The van der Waals surface area contributed by atoms with Crippen LogP contribution in [-0.4, -0.2) is 6.21 Å². The van der Waals surface area contributed by atoms with Gasteiger partial charge in [-0.05, 0) is 12.3 Å². The molecular weight excluding hydrogens is 182 g/mol. The van der Waals surface area contributed by atoms with Gasteiger partial charge < -0.3 is 0 Å². The molecule has 2 aromatic rings. The highest BCUT2D eigenvalue weighted by Gasteiger charge is 2.02. The molecule has 0 aliphatic carbocycles. The molecule has 0 atom stereocenters. The summed E-state index contributed by atoms with van der Waals surface area (Å²) in [5.74, 6) is 0. The Morgan fingerprint density at radius 2 is 1.93 bits per heavy atom. The average molecular weight is 195 g/mol. The third-order valence-electron chi connectivity index (χ3n) is 2.41. The molecular formula is C14H13N. The van der Waals surface area contributed by atoms with Gasteiger partial charge in [-0.25, -0.2) is 0 Å². The highest BCUT2D eigenvalue weighted by atomic mass is 14.7. The van der Waals surface area contributed by atoms with E-state index in [1.54, 1.807) is 0 Å². The molecule has 0 unspecified atom stereocenters. The summed E-state index contributed by atoms with van der Waals surface area (Å²) in [5, 5.41) is 2.39. The van der Waals surface area contributed by atoms with Crippen molar-refractivity contribution in [1.29, 1.82) is 0 Å². The summed E-state index contributed by atoms with van der Waals surface area (Å²) in [7, 11) is 0. The van der Waals surface area contributed by atoms with Crippen LogP contribution in [0.3, 0.4) is 0 Å². The first-order valence-electron chi connectivity index (χ1n) is 4.99. The fourth-order valence-corrected chi connectivity index (χ4v) is 1.71. The summed E-state index contributed by atoms with van der Waals surface area (Å²) < 4.78 is 0. The molecule has 0 saturated carbocycles. The number of nitrogens with zero attached hydrogens (tertiary/aromatic N) is 1. The molecule has 0 radical (unpaired) electrons. The van der Waals surface area contributed by atoms with Gasteiger partial charge in [0.05, 0.1) is 5.69 Å². The molecule has 0 bridgehead atoms. The zero-order valence-electron chi connectivity index (χ0n) is 8.77. The number of hydrogen-bond donors (Lipinski definition) is 0. The molecule has 15 heavy (non-hydrogen) atoms. The monoisotopic (exact) mass is 195 g/mol. The third-order valence-corrected chi connectivity index (χ3v) is 2.41. The molecule has 2 rings (SSSR count). The molecule has 0 heterocycles. The lowest BCUT2D eigenvalue weighted by molar-refractivity contribution is 1.54. The molecule has 0 N–H and O–H groups in total. The normalized spacial score (nSPS) is 11.0. The predicted molar refractivity (Wildman–Crippen MR) is 67.9 cm³/mol. The molecule has 0 aromatic heterocycles. The first kappa shape index (κ1) is 9.66. The lowest BCUT2D eigenvalue weighted by Crippen LogP contribution is -1.79. The maximum absolute atomic E-state index is 4.41. The fourth-order valence-electron chi connectivity index (χ4n) is 1.71. The molecule has 1 heteroatoms. The Hall–Kier alpha value is -1.89. The molecule has 0 amide bonds. The lowest BCUT2D eigenvalue weighted by atomic mass is 10.0. The van der Waals surface area contributed by atoms with Gasteiger partial charge in [-0.1, -0.05) is 49.1 Å². The van der Waals surface area contributed by atoms with E-state index < -0.39 is 0 Å². The summed E-state index contributed by atoms with van der Waals surface area (Å²) in [4.78, 5) is 4.41. The van der Waals surface area contributed by atoms with Gasteiger partial charge in [0, 0.05) is 17.2 Å². The summed E-state index contributed by atoms with van der Waals surface area (Å²) in [6.07, 6.45) is 3.66. The Morgan fingerprint density at radius 1 is 1.13 bits per heavy atom. The van der Waals surface area contributed by atoms with Gasteiger partial charge in [-0.15, -0.1) is 0 Å². The second-order valence-electron chi connectivity index (χ2n) is 3.32. The quantitative estimate of drug-likeness (QED) is 0.637. The third kappa shape index (κ3) is 1.68. The molecule has 1 nitrogen and oxygen atoms in total. The van der Waals surface area contributed by atoms with E-state index in [0.717, 1.165) is 11.3 Å². The van der Waals surface area contributed by atoms with Crippen molar-refractivity contribution >= 4 is 28.8 Å². The van der Waals surface area contributed by atoms with Gasteiger partial charge in [-0.2, -0.15) is 0 Å². The maximum atomic E-state index is 4.41. The highest BCUT2D eigenvalue weighted by molar-refractivity contribution is 5.97. The number of benzene rings is 2. The summed E-state index contributed by atoms with van der Waals surface area (Å²) in [6.45, 7) is 5.73. The van der Waals surface area contributed by atoms with Crippen LogP contribution in [0.2, 0.25) is 0 Å². The Balaban J connectivity index is 2.84. The summed E-state index contributed by atoms with van der Waals surface area (Å²) in [5.41, 5.74) is 2.08. The Morgan fingerprint density at radius 3 is 2.67 bits per heavy atom. The van der Waals surface area contributed by atoms with E-state index >= 15 is 0 Å². The van der Waals surface area contributed by atoms with Gasteiger partial charge in [0.15, 0.2) is 0 Å². The maximum Gasteiger partial charge on any atom is 0.0775 e. The van der Waals surface area contributed by atoms with Crippen molar-refractivity contribution in [2.75, 3.05) is 0 Å². The Kier molecular flexibility index (Phi) is 2.64. The van der Waals surface area contributed by atoms with Crippen molar-refractivity contribution in [3.63, 3.8) is 0 Å². The zero-order valence-corrected chi connectivity index (χ0v) is 8.77. The van der Waals surface area contributed by atoms with Crippen LogP contribution in [0.25, 0.3) is 16.8 Å². The van der Waals surface area contributed by atoms with E-state index in [2.05, 4.69) is 35.8 Å². The first-order valence-corrected chi connectivity index (χ1v) is 4.99. The molecule has 0 spiro atoms. The van der Waals surface area contributed by atoms with Crippen molar-refractivity contribution in [3.8, 4) is 0 Å². The molecule has 0 saturated heterocycles. The number of fused-ring (bicyclic) bond motifs is 1. The van der Waals surface area contributed by atoms with Crippen molar-refractivity contribution in [1.82, 2.24) is 0 Å². The number of rotatable bonds is 2. The van der Waals surface area contributed by atoms with Gasteiger partial charge in [0.25, 0.3) is 0 Å². The topological polar surface area (TPSA) is 12.4 Å². The first-order chi connectivity index (χ1) is 7.36. The second-order valence-corrected chi connectivity index (χ2v) is 3.32. The van der Waals surface area contributed by atoms with E-state index in [1.807, 2.05) is 31.3 Å². The molecule has 0 fully saturated rings. The van der Waals surface area contributed by atoms with Crippen LogP contribution in [0.5, 0.6) is 0 Å². The fraction of sp³-hybridized carbons (Fsp3) is 0.0714. The minimum atomic E-state index is 1.01. The van der Waals surface area contributed by atoms with Gasteiger partial charge >= 0.3 is 0 Å². The van der Waals surface area contributed by atoms with Crippen LogP contribution in [0.15, 0.2) is 48.0 Å². The molecule has 2 aromatic carbocycles. The predicted octanol–water partition coefficient (Wildman–Crippen LogP) is 4.21. The van der Waals surface area contributed by atoms with Crippen molar-refractivity contribution < 1.29 is 0 Å². The average Bonchev–Trinajstić information content (AvgIpc) is 2.30. The second kappa shape index (κ2) is 4.09. The lowest BCUT2D eigenvalue weighted by Gasteiger charge is -2.05. The van der Waals surface area contributed by atoms with E-state index in [9.17, 15) is 0 Å². The minimum Gasteiger partial charge on any atom is -0.260 e. The van der Waals surface area contributed by atoms with Crippen LogP contribution in [0, 0.1) is 0 Å². The van der Waals surface area contributed by atoms with Crippen molar-refractivity contribution in [2.24, 2.45) is 4.99 Å². The van der Waals surface area contributed by atoms with Crippen LogP contribution < -0.4 is 0 Å². The van der Waals surface area contributed by atoms with Gasteiger partial charge in [-0.3, -0.25) is 4.99 Å². The Bertz CT molecular complexity index is 524. The molecule has 74 valence electrons.